The summed E-state index contributed by atoms with van der Waals surface area (Å²) >= 11 is 6.00. The van der Waals surface area contributed by atoms with E-state index in [2.05, 4.69) is 24.1 Å². The highest BCUT2D eigenvalue weighted by molar-refractivity contribution is 7.99. The molecule has 1 heterocycles. The molecule has 1 fully saturated rings. The minimum absolute atomic E-state index is 0.550. The van der Waals surface area contributed by atoms with Crippen molar-refractivity contribution in [3.05, 3.63) is 24.3 Å². The van der Waals surface area contributed by atoms with Crippen LogP contribution in [0.1, 0.15) is 20.3 Å². The number of thiocarbonyl (C=S) groups is 1. The van der Waals surface area contributed by atoms with Gasteiger partial charge in [0.15, 0.2) is 5.11 Å². The summed E-state index contributed by atoms with van der Waals surface area (Å²) in [7, 11) is 0. The largest absolute Gasteiger partial charge is 0.348 e. The number of rotatable bonds is 3. The zero-order valence-electron chi connectivity index (χ0n) is 12.2. The molecule has 2 nitrogen and oxygen atoms in total. The first-order valence-electron chi connectivity index (χ1n) is 7.05. The first-order chi connectivity index (χ1) is 9.94. The lowest BCUT2D eigenvalue weighted by atomic mass is 9.92. The number of alkyl halides is 2. The van der Waals surface area contributed by atoms with Crippen molar-refractivity contribution >= 4 is 34.8 Å². The van der Waals surface area contributed by atoms with Crippen molar-refractivity contribution in [3.63, 3.8) is 0 Å². The van der Waals surface area contributed by atoms with Gasteiger partial charge in [-0.25, -0.2) is 0 Å². The van der Waals surface area contributed by atoms with Crippen molar-refractivity contribution in [1.82, 2.24) is 4.90 Å². The Hall–Kier alpha value is -0.880. The Morgan fingerprint density at radius 1 is 1.24 bits per heavy atom. The maximum Gasteiger partial charge on any atom is 0.288 e. The van der Waals surface area contributed by atoms with E-state index in [1.54, 1.807) is 24.3 Å². The molecule has 116 valence electrons. The number of nitrogens with zero attached hydrogens (tertiary/aromatic N) is 1. The molecule has 0 amide bonds. The molecule has 1 aliphatic heterocycles. The number of nitrogens with one attached hydrogen (secondary N) is 1. The monoisotopic (exact) mass is 330 g/mol. The lowest BCUT2D eigenvalue weighted by molar-refractivity contribution is 0.216. The van der Waals surface area contributed by atoms with Gasteiger partial charge >= 0.3 is 0 Å². The Kier molecular flexibility index (Phi) is 5.81. The van der Waals surface area contributed by atoms with Gasteiger partial charge < -0.3 is 10.2 Å². The summed E-state index contributed by atoms with van der Waals surface area (Å²) in [5, 5.41) is 3.90. The van der Waals surface area contributed by atoms with Crippen LogP contribution in [0.15, 0.2) is 29.2 Å². The average molecular weight is 330 g/mol. The quantitative estimate of drug-likeness (QED) is 0.639. The van der Waals surface area contributed by atoms with E-state index >= 15 is 0 Å². The van der Waals surface area contributed by atoms with E-state index < -0.39 is 5.76 Å². The number of piperidine rings is 1. The summed E-state index contributed by atoms with van der Waals surface area (Å²) in [6.07, 6.45) is 1.23. The predicted molar refractivity (Wildman–Crippen MR) is 89.0 cm³/mol. The van der Waals surface area contributed by atoms with Crippen molar-refractivity contribution in [1.29, 1.82) is 0 Å². The molecule has 2 rings (SSSR count). The van der Waals surface area contributed by atoms with Crippen molar-refractivity contribution in [2.45, 2.75) is 30.9 Å². The molecule has 1 aromatic carbocycles. The van der Waals surface area contributed by atoms with Gasteiger partial charge in [-0.2, -0.15) is 8.78 Å². The topological polar surface area (TPSA) is 15.3 Å². The zero-order valence-corrected chi connectivity index (χ0v) is 13.8. The number of anilines is 1. The first kappa shape index (κ1) is 16.5. The summed E-state index contributed by atoms with van der Waals surface area (Å²) < 4.78 is 24.5. The molecule has 1 N–H and O–H groups in total. The van der Waals surface area contributed by atoms with Crippen LogP contribution in [0.3, 0.4) is 0 Å². The van der Waals surface area contributed by atoms with E-state index in [0.29, 0.717) is 33.6 Å². The third kappa shape index (κ3) is 5.11. The van der Waals surface area contributed by atoms with Crippen LogP contribution in [0.4, 0.5) is 14.5 Å². The molecule has 6 heteroatoms. The van der Waals surface area contributed by atoms with Gasteiger partial charge in [0.1, 0.15) is 0 Å². The number of likely N-dealkylation sites (tertiary alicyclic amines) is 1. The third-order valence-corrected chi connectivity index (χ3v) is 4.57. The van der Waals surface area contributed by atoms with Crippen LogP contribution in [0.5, 0.6) is 0 Å². The van der Waals surface area contributed by atoms with Gasteiger partial charge in [0.25, 0.3) is 5.76 Å². The summed E-state index contributed by atoms with van der Waals surface area (Å²) in [5.74, 6) is -1.11. The van der Waals surface area contributed by atoms with Crippen LogP contribution in [-0.2, 0) is 0 Å². The molecule has 0 saturated carbocycles. The van der Waals surface area contributed by atoms with Crippen molar-refractivity contribution in [2.24, 2.45) is 11.8 Å². The molecule has 0 aliphatic carbocycles. The minimum Gasteiger partial charge on any atom is -0.348 e. The Morgan fingerprint density at radius 2 is 1.81 bits per heavy atom. The Morgan fingerprint density at radius 3 is 2.33 bits per heavy atom. The molecule has 0 aromatic heterocycles. The SMILES string of the molecule is C[C@@H]1C[C@H](C)CN(C(=S)Nc2ccc(SC(F)F)cc2)C1. The number of thioether (sulfide) groups is 1. The smallest absolute Gasteiger partial charge is 0.288 e. The summed E-state index contributed by atoms with van der Waals surface area (Å²) in [6, 6.07) is 6.94. The van der Waals surface area contributed by atoms with Crippen LogP contribution < -0.4 is 5.32 Å². The van der Waals surface area contributed by atoms with Crippen LogP contribution in [0, 0.1) is 11.8 Å². The standard InChI is InChI=1S/C15H20F2N2S2/c1-10-7-11(2)9-19(8-10)15(20)18-12-3-5-13(6-4-12)21-14(16)17/h3-6,10-11,14H,7-9H2,1-2H3,(H,18,20)/t10-,11+. The van der Waals surface area contributed by atoms with Crippen LogP contribution in [0.2, 0.25) is 0 Å². The van der Waals surface area contributed by atoms with E-state index in [9.17, 15) is 8.78 Å². The molecule has 0 unspecified atom stereocenters. The van der Waals surface area contributed by atoms with Gasteiger partial charge in [0, 0.05) is 23.7 Å². The second kappa shape index (κ2) is 7.40. The van der Waals surface area contributed by atoms with Crippen LogP contribution >= 0.6 is 24.0 Å². The lowest BCUT2D eigenvalue weighted by Gasteiger charge is -2.36. The molecule has 0 bridgehead atoms. The normalized spacial score (nSPS) is 22.4. The van der Waals surface area contributed by atoms with Gasteiger partial charge in [0.2, 0.25) is 0 Å². The molecule has 2 atom stereocenters. The molecule has 21 heavy (non-hydrogen) atoms. The Bertz CT molecular complexity index is 469. The second-order valence-corrected chi connectivity index (χ2v) is 7.13. The van der Waals surface area contributed by atoms with Gasteiger partial charge in [-0.3, -0.25) is 0 Å². The molecular formula is C15H20F2N2S2. The highest BCUT2D eigenvalue weighted by Crippen LogP contribution is 2.26. The van der Waals surface area contributed by atoms with Gasteiger partial charge in [0.05, 0.1) is 0 Å². The Labute approximate surface area is 134 Å². The number of halogens is 2. The summed E-state index contributed by atoms with van der Waals surface area (Å²) in [6.45, 7) is 6.41. The fourth-order valence-corrected chi connectivity index (χ4v) is 3.52. The summed E-state index contributed by atoms with van der Waals surface area (Å²) in [4.78, 5) is 2.75. The molecule has 1 aromatic rings. The minimum atomic E-state index is -2.39. The number of benzene rings is 1. The third-order valence-electron chi connectivity index (χ3n) is 3.49. The van der Waals surface area contributed by atoms with Crippen molar-refractivity contribution < 1.29 is 8.78 Å². The van der Waals surface area contributed by atoms with Crippen molar-refractivity contribution in [2.75, 3.05) is 18.4 Å². The Balaban J connectivity index is 1.93. The number of hydrogen-bond donors (Lipinski definition) is 1. The molecule has 1 saturated heterocycles. The fourth-order valence-electron chi connectivity index (χ4n) is 2.75. The molecule has 1 aliphatic rings. The van der Waals surface area contributed by atoms with Gasteiger partial charge in [-0.15, -0.1) is 0 Å². The maximum atomic E-state index is 12.3. The second-order valence-electron chi connectivity index (χ2n) is 5.68. The van der Waals surface area contributed by atoms with Crippen LogP contribution in [0.25, 0.3) is 0 Å². The van der Waals surface area contributed by atoms with E-state index in [1.165, 1.54) is 6.42 Å². The first-order valence-corrected chi connectivity index (χ1v) is 8.33. The average Bonchev–Trinajstić information content (AvgIpc) is 2.39. The molecule has 0 spiro atoms. The molecule has 0 radical (unpaired) electrons. The fraction of sp³-hybridized carbons (Fsp3) is 0.533. The van der Waals surface area contributed by atoms with Gasteiger partial charge in [-0.1, -0.05) is 25.6 Å². The van der Waals surface area contributed by atoms with E-state index in [0.717, 1.165) is 18.8 Å². The highest BCUT2D eigenvalue weighted by Gasteiger charge is 2.23. The zero-order chi connectivity index (χ0) is 15.4. The van der Waals surface area contributed by atoms with Gasteiger partial charge in [-0.05, 0) is 54.7 Å². The highest BCUT2D eigenvalue weighted by atomic mass is 32.2. The predicted octanol–water partition coefficient (Wildman–Crippen LogP) is 4.68. The summed E-state index contributed by atoms with van der Waals surface area (Å²) in [5.41, 5.74) is 0.837. The van der Waals surface area contributed by atoms with E-state index in [1.807, 2.05) is 0 Å². The maximum absolute atomic E-state index is 12.3. The lowest BCUT2D eigenvalue weighted by Crippen LogP contribution is -2.44. The van der Waals surface area contributed by atoms with Crippen molar-refractivity contribution in [3.8, 4) is 0 Å². The van der Waals surface area contributed by atoms with E-state index in [-0.39, 0.29) is 0 Å². The van der Waals surface area contributed by atoms with E-state index in [4.69, 9.17) is 12.2 Å². The van der Waals surface area contributed by atoms with Crippen LogP contribution in [-0.4, -0.2) is 28.9 Å². The molecular weight excluding hydrogens is 310 g/mol. The number of hydrogen-bond acceptors (Lipinski definition) is 2.